The second kappa shape index (κ2) is 6.13. The molecule has 2 rings (SSSR count). The van der Waals surface area contributed by atoms with Gasteiger partial charge in [0.25, 0.3) is 0 Å². The van der Waals surface area contributed by atoms with E-state index in [4.69, 9.17) is 5.73 Å². The molecule has 2 aromatic carbocycles. The van der Waals surface area contributed by atoms with E-state index in [-0.39, 0.29) is 5.82 Å². The zero-order valence-electron chi connectivity index (χ0n) is 10.8. The number of halogens is 2. The average Bonchev–Trinajstić information content (AvgIpc) is 2.36. The van der Waals surface area contributed by atoms with Crippen molar-refractivity contribution in [1.82, 2.24) is 0 Å². The summed E-state index contributed by atoms with van der Waals surface area (Å²) in [6, 6.07) is 11.5. The van der Waals surface area contributed by atoms with Crippen LogP contribution in [0.25, 0.3) is 0 Å². The van der Waals surface area contributed by atoms with Crippen LogP contribution >= 0.6 is 34.4 Å². The molecule has 0 aliphatic carbocycles. The Morgan fingerprint density at radius 1 is 1.16 bits per heavy atom. The van der Waals surface area contributed by atoms with Crippen molar-refractivity contribution in [2.24, 2.45) is 0 Å². The maximum absolute atomic E-state index is 13.6. The number of hydrogen-bond donors (Lipinski definition) is 1. The molecule has 0 aliphatic rings. The summed E-state index contributed by atoms with van der Waals surface area (Å²) in [4.78, 5) is 1.83. The van der Waals surface area contributed by atoms with Crippen molar-refractivity contribution in [3.63, 3.8) is 0 Å². The Hall–Kier alpha value is -0.750. The molecule has 0 bridgehead atoms. The lowest BCUT2D eigenvalue weighted by Gasteiger charge is -2.09. The number of rotatable bonds is 3. The molecule has 1 nitrogen and oxygen atoms in total. The van der Waals surface area contributed by atoms with Crippen molar-refractivity contribution in [3.05, 3.63) is 51.3 Å². The van der Waals surface area contributed by atoms with Gasteiger partial charge in [0.05, 0.1) is 3.57 Å². The largest absolute Gasteiger partial charge is 0.398 e. The van der Waals surface area contributed by atoms with Gasteiger partial charge in [-0.25, -0.2) is 4.39 Å². The van der Waals surface area contributed by atoms with E-state index in [0.717, 1.165) is 9.79 Å². The van der Waals surface area contributed by atoms with Crippen LogP contribution in [0.1, 0.15) is 25.3 Å². The van der Waals surface area contributed by atoms with Crippen LogP contribution in [0.2, 0.25) is 0 Å². The molecule has 0 aliphatic heterocycles. The van der Waals surface area contributed by atoms with E-state index in [9.17, 15) is 4.39 Å². The number of nitrogen functional groups attached to an aromatic ring is 1. The smallest absolute Gasteiger partial charge is 0.137 e. The van der Waals surface area contributed by atoms with Gasteiger partial charge in [0, 0.05) is 15.5 Å². The Kier molecular flexibility index (Phi) is 4.73. The molecule has 0 unspecified atom stereocenters. The minimum absolute atomic E-state index is 0.226. The van der Waals surface area contributed by atoms with Crippen molar-refractivity contribution in [2.75, 3.05) is 5.73 Å². The summed E-state index contributed by atoms with van der Waals surface area (Å²) in [7, 11) is 0. The van der Waals surface area contributed by atoms with Gasteiger partial charge in [0.2, 0.25) is 0 Å². The Morgan fingerprint density at radius 3 is 2.37 bits per heavy atom. The summed E-state index contributed by atoms with van der Waals surface area (Å²) >= 11 is 3.43. The Balaban J connectivity index is 2.24. The van der Waals surface area contributed by atoms with Gasteiger partial charge < -0.3 is 5.73 Å². The fraction of sp³-hybridized carbons (Fsp3) is 0.200. The first-order valence-corrected chi connectivity index (χ1v) is 7.89. The number of nitrogens with two attached hydrogens (primary N) is 1. The van der Waals surface area contributed by atoms with Gasteiger partial charge in [-0.3, -0.25) is 0 Å². The first-order valence-electron chi connectivity index (χ1n) is 5.99. The number of anilines is 1. The highest BCUT2D eigenvalue weighted by atomic mass is 127. The molecule has 0 heterocycles. The van der Waals surface area contributed by atoms with Gasteiger partial charge in [-0.1, -0.05) is 37.7 Å². The van der Waals surface area contributed by atoms with E-state index < -0.39 is 0 Å². The molecule has 19 heavy (non-hydrogen) atoms. The first-order chi connectivity index (χ1) is 8.97. The lowest BCUT2D eigenvalue weighted by atomic mass is 10.0. The minimum atomic E-state index is -0.226. The number of hydrogen-bond acceptors (Lipinski definition) is 2. The topological polar surface area (TPSA) is 26.0 Å². The summed E-state index contributed by atoms with van der Waals surface area (Å²) in [6.45, 7) is 4.32. The number of benzene rings is 2. The molecule has 0 fully saturated rings. The van der Waals surface area contributed by atoms with E-state index in [2.05, 4.69) is 38.1 Å². The molecule has 0 saturated heterocycles. The quantitative estimate of drug-likeness (QED) is 0.572. The molecular formula is C15H15FINS. The van der Waals surface area contributed by atoms with Gasteiger partial charge in [-0.15, -0.1) is 0 Å². The van der Waals surface area contributed by atoms with Crippen molar-refractivity contribution >= 4 is 40.0 Å². The highest BCUT2D eigenvalue weighted by Crippen LogP contribution is 2.34. The molecule has 4 heteroatoms. The summed E-state index contributed by atoms with van der Waals surface area (Å²) in [5, 5.41) is 0. The molecule has 2 aromatic rings. The maximum Gasteiger partial charge on any atom is 0.137 e. The van der Waals surface area contributed by atoms with Crippen LogP contribution in [0.4, 0.5) is 10.1 Å². The van der Waals surface area contributed by atoms with E-state index in [1.165, 1.54) is 23.4 Å². The lowest BCUT2D eigenvalue weighted by molar-refractivity contribution is 0.617. The molecule has 0 spiro atoms. The third-order valence-electron chi connectivity index (χ3n) is 2.83. The van der Waals surface area contributed by atoms with Crippen LogP contribution in [0, 0.1) is 9.39 Å². The molecule has 0 atom stereocenters. The molecule has 0 radical (unpaired) electrons. The van der Waals surface area contributed by atoms with E-state index >= 15 is 0 Å². The normalized spacial score (nSPS) is 11.0. The highest BCUT2D eigenvalue weighted by molar-refractivity contribution is 14.1. The summed E-state index contributed by atoms with van der Waals surface area (Å²) in [5.74, 6) is 0.288. The van der Waals surface area contributed by atoms with Crippen molar-refractivity contribution in [2.45, 2.75) is 29.6 Å². The maximum atomic E-state index is 13.6. The van der Waals surface area contributed by atoms with Gasteiger partial charge in [-0.05, 0) is 58.3 Å². The molecule has 0 amide bonds. The Labute approximate surface area is 130 Å². The highest BCUT2D eigenvalue weighted by Gasteiger charge is 2.08. The molecule has 2 N–H and O–H groups in total. The van der Waals surface area contributed by atoms with Crippen LogP contribution in [0.15, 0.2) is 46.2 Å². The molecule has 0 saturated carbocycles. The fourth-order valence-electron chi connectivity index (χ4n) is 1.68. The molecular weight excluding hydrogens is 372 g/mol. The molecule has 100 valence electrons. The average molecular weight is 387 g/mol. The van der Waals surface area contributed by atoms with E-state index in [1.807, 2.05) is 22.6 Å². The van der Waals surface area contributed by atoms with Crippen molar-refractivity contribution < 1.29 is 4.39 Å². The first kappa shape index (κ1) is 14.7. The van der Waals surface area contributed by atoms with Crippen LogP contribution in [0.3, 0.4) is 0 Å². The van der Waals surface area contributed by atoms with Gasteiger partial charge in [0.15, 0.2) is 0 Å². The predicted molar refractivity (Wildman–Crippen MR) is 88.2 cm³/mol. The van der Waals surface area contributed by atoms with E-state index in [1.54, 1.807) is 6.07 Å². The Morgan fingerprint density at radius 2 is 1.79 bits per heavy atom. The summed E-state index contributed by atoms with van der Waals surface area (Å²) < 4.78 is 14.1. The second-order valence-corrected chi connectivity index (χ2v) is 6.91. The zero-order chi connectivity index (χ0) is 14.0. The van der Waals surface area contributed by atoms with Gasteiger partial charge >= 0.3 is 0 Å². The standard InChI is InChI=1S/C15H15FINS/c1-9(2)10-3-5-11(6-4-10)19-15-7-12(16)13(17)8-14(15)18/h3-9H,18H2,1-2H3. The van der Waals surface area contributed by atoms with Crippen LogP contribution in [0.5, 0.6) is 0 Å². The molecule has 0 aromatic heterocycles. The predicted octanol–water partition coefficient (Wildman–Crippen LogP) is 5.29. The van der Waals surface area contributed by atoms with Crippen LogP contribution in [-0.2, 0) is 0 Å². The van der Waals surface area contributed by atoms with Gasteiger partial charge in [-0.2, -0.15) is 0 Å². The minimum Gasteiger partial charge on any atom is -0.398 e. The third-order valence-corrected chi connectivity index (χ3v) is 4.74. The lowest BCUT2D eigenvalue weighted by Crippen LogP contribution is -1.93. The monoisotopic (exact) mass is 387 g/mol. The SMILES string of the molecule is CC(C)c1ccc(Sc2cc(F)c(I)cc2N)cc1. The van der Waals surface area contributed by atoms with Crippen LogP contribution < -0.4 is 5.73 Å². The van der Waals surface area contributed by atoms with Crippen molar-refractivity contribution in [3.8, 4) is 0 Å². The summed E-state index contributed by atoms with van der Waals surface area (Å²) in [6.07, 6.45) is 0. The van der Waals surface area contributed by atoms with Crippen LogP contribution in [-0.4, -0.2) is 0 Å². The Bertz CT molecular complexity index is 581. The fourth-order valence-corrected chi connectivity index (χ4v) is 3.04. The second-order valence-electron chi connectivity index (χ2n) is 4.63. The van der Waals surface area contributed by atoms with Crippen molar-refractivity contribution in [1.29, 1.82) is 0 Å². The third kappa shape index (κ3) is 3.63. The summed E-state index contributed by atoms with van der Waals surface area (Å²) in [5.41, 5.74) is 7.84. The van der Waals surface area contributed by atoms with Gasteiger partial charge in [0.1, 0.15) is 5.82 Å². The zero-order valence-corrected chi connectivity index (χ0v) is 13.8. The van der Waals surface area contributed by atoms with E-state index in [0.29, 0.717) is 15.2 Å².